The largest absolute Gasteiger partial charge is 0.490 e. The first-order chi connectivity index (χ1) is 15.3. The third kappa shape index (κ3) is 6.19. The van der Waals surface area contributed by atoms with E-state index in [1.54, 1.807) is 18.2 Å². The lowest BCUT2D eigenvalue weighted by Gasteiger charge is -2.20. The van der Waals surface area contributed by atoms with Crippen LogP contribution in [-0.4, -0.2) is 34.9 Å². The number of carbonyl (C=O) groups is 1. The molecule has 0 saturated carbocycles. The Balaban J connectivity index is 1.61. The summed E-state index contributed by atoms with van der Waals surface area (Å²) in [6, 6.07) is 23.0. The van der Waals surface area contributed by atoms with Crippen molar-refractivity contribution in [3.8, 4) is 16.9 Å². The van der Waals surface area contributed by atoms with Gasteiger partial charge in [-0.1, -0.05) is 60.7 Å². The fourth-order valence-electron chi connectivity index (χ4n) is 3.59. The van der Waals surface area contributed by atoms with Gasteiger partial charge in [0.2, 0.25) is 0 Å². The molecule has 3 aromatic rings. The topological polar surface area (TPSA) is 78.8 Å². The summed E-state index contributed by atoms with van der Waals surface area (Å²) < 4.78 is 5.71. The Bertz CT molecular complexity index is 1020. The number of ether oxygens (including phenoxy) is 1. The molecule has 0 aliphatic carbocycles. The van der Waals surface area contributed by atoms with Gasteiger partial charge in [-0.2, -0.15) is 0 Å². The molecule has 3 N–H and O–H groups in total. The predicted molar refractivity (Wildman–Crippen MR) is 127 cm³/mol. The molecule has 168 valence electrons. The Morgan fingerprint density at radius 2 is 1.59 bits per heavy atom. The zero-order valence-electron chi connectivity index (χ0n) is 18.8. The molecule has 5 heteroatoms. The summed E-state index contributed by atoms with van der Waals surface area (Å²) in [5.74, 6) is -0.620. The van der Waals surface area contributed by atoms with Crippen LogP contribution in [0.4, 0.5) is 0 Å². The second-order valence-corrected chi connectivity index (χ2v) is 8.23. The number of rotatable bonds is 10. The second-order valence-electron chi connectivity index (χ2n) is 8.23. The molecule has 3 rings (SSSR count). The average Bonchev–Trinajstić information content (AvgIpc) is 2.79. The van der Waals surface area contributed by atoms with E-state index in [0.29, 0.717) is 5.75 Å². The van der Waals surface area contributed by atoms with Gasteiger partial charge in [0.15, 0.2) is 0 Å². The van der Waals surface area contributed by atoms with E-state index in [-0.39, 0.29) is 17.7 Å². The molecular formula is C27H31NO4. The molecule has 0 saturated heterocycles. The summed E-state index contributed by atoms with van der Waals surface area (Å²) in [6.07, 6.45) is 0.182. The standard InChI is InChI=1S/C27H31NO4/c1-18(2)32-25-17-23(13-14-24(25)27(30)31)21-11-9-20(10-12-21)15-16-28-19(3)26(29)22-7-5-4-6-8-22/h4-14,17-19,26,28-29H,15-16H2,1-3H3,(H,30,31)/t19-,26-/m0/s1. The van der Waals surface area contributed by atoms with Crippen LogP contribution < -0.4 is 10.1 Å². The first kappa shape index (κ1) is 23.5. The van der Waals surface area contributed by atoms with E-state index < -0.39 is 12.1 Å². The number of carboxylic acids is 1. The number of hydrogen-bond acceptors (Lipinski definition) is 4. The van der Waals surface area contributed by atoms with Gasteiger partial charge in [0.1, 0.15) is 11.3 Å². The number of nitrogens with one attached hydrogen (secondary N) is 1. The number of aliphatic hydroxyl groups excluding tert-OH is 1. The van der Waals surface area contributed by atoms with Crippen LogP contribution in [0.3, 0.4) is 0 Å². The molecule has 0 aliphatic rings. The molecule has 0 spiro atoms. The van der Waals surface area contributed by atoms with Crippen molar-refractivity contribution in [3.05, 3.63) is 89.5 Å². The summed E-state index contributed by atoms with van der Waals surface area (Å²) in [6.45, 7) is 6.49. The van der Waals surface area contributed by atoms with Crippen molar-refractivity contribution in [2.24, 2.45) is 0 Å². The number of aromatic carboxylic acids is 1. The summed E-state index contributed by atoms with van der Waals surface area (Å²) in [4.78, 5) is 11.5. The van der Waals surface area contributed by atoms with Gasteiger partial charge in [-0.15, -0.1) is 0 Å². The number of carboxylic acid groups (broad SMARTS) is 1. The minimum atomic E-state index is -0.998. The van der Waals surface area contributed by atoms with Gasteiger partial charge in [0.25, 0.3) is 0 Å². The average molecular weight is 434 g/mol. The lowest BCUT2D eigenvalue weighted by molar-refractivity contribution is 0.0690. The van der Waals surface area contributed by atoms with Crippen molar-refractivity contribution in [2.45, 2.75) is 45.4 Å². The number of hydrogen-bond donors (Lipinski definition) is 3. The zero-order valence-corrected chi connectivity index (χ0v) is 18.8. The van der Waals surface area contributed by atoms with Crippen LogP contribution in [-0.2, 0) is 6.42 Å². The van der Waals surface area contributed by atoms with E-state index >= 15 is 0 Å². The predicted octanol–water partition coefficient (Wildman–Crippen LogP) is 5.09. The highest BCUT2D eigenvalue weighted by Gasteiger charge is 2.16. The van der Waals surface area contributed by atoms with Crippen molar-refractivity contribution in [1.82, 2.24) is 5.32 Å². The Hall–Kier alpha value is -3.15. The maximum absolute atomic E-state index is 11.5. The molecule has 3 aromatic carbocycles. The van der Waals surface area contributed by atoms with Gasteiger partial charge >= 0.3 is 5.97 Å². The van der Waals surface area contributed by atoms with E-state index in [9.17, 15) is 15.0 Å². The number of benzene rings is 3. The summed E-state index contributed by atoms with van der Waals surface area (Å²) in [5.41, 5.74) is 4.17. The van der Waals surface area contributed by atoms with Crippen LogP contribution in [0.25, 0.3) is 11.1 Å². The van der Waals surface area contributed by atoms with Gasteiger partial charge in [0, 0.05) is 6.04 Å². The third-order valence-corrected chi connectivity index (χ3v) is 5.36. The minimum Gasteiger partial charge on any atom is -0.490 e. The monoisotopic (exact) mass is 433 g/mol. The third-order valence-electron chi connectivity index (χ3n) is 5.36. The van der Waals surface area contributed by atoms with Crippen molar-refractivity contribution in [2.75, 3.05) is 6.54 Å². The summed E-state index contributed by atoms with van der Waals surface area (Å²) in [5, 5.41) is 23.3. The van der Waals surface area contributed by atoms with E-state index in [1.807, 2.05) is 63.2 Å². The molecule has 0 bridgehead atoms. The van der Waals surface area contributed by atoms with Crippen molar-refractivity contribution >= 4 is 5.97 Å². The molecule has 0 radical (unpaired) electrons. The van der Waals surface area contributed by atoms with Gasteiger partial charge in [-0.05, 0) is 68.1 Å². The van der Waals surface area contributed by atoms with Crippen LogP contribution in [0.5, 0.6) is 5.75 Å². The molecule has 0 aromatic heterocycles. The lowest BCUT2D eigenvalue weighted by Crippen LogP contribution is -2.33. The Morgan fingerprint density at radius 1 is 0.938 bits per heavy atom. The molecule has 5 nitrogen and oxygen atoms in total. The summed E-state index contributed by atoms with van der Waals surface area (Å²) >= 11 is 0. The van der Waals surface area contributed by atoms with Crippen LogP contribution in [0, 0.1) is 0 Å². The smallest absolute Gasteiger partial charge is 0.339 e. The first-order valence-electron chi connectivity index (χ1n) is 10.9. The van der Waals surface area contributed by atoms with Gasteiger partial charge in [0.05, 0.1) is 12.2 Å². The molecule has 0 unspecified atom stereocenters. The van der Waals surface area contributed by atoms with Crippen molar-refractivity contribution in [3.63, 3.8) is 0 Å². The van der Waals surface area contributed by atoms with E-state index in [0.717, 1.165) is 29.7 Å². The Labute approximate surface area is 189 Å². The van der Waals surface area contributed by atoms with Crippen molar-refractivity contribution in [1.29, 1.82) is 0 Å². The number of aliphatic hydroxyl groups is 1. The fourth-order valence-corrected chi connectivity index (χ4v) is 3.59. The van der Waals surface area contributed by atoms with Gasteiger partial charge < -0.3 is 20.3 Å². The summed E-state index contributed by atoms with van der Waals surface area (Å²) in [7, 11) is 0. The van der Waals surface area contributed by atoms with Crippen LogP contribution >= 0.6 is 0 Å². The normalized spacial score (nSPS) is 13.0. The highest BCUT2D eigenvalue weighted by molar-refractivity contribution is 5.92. The maximum Gasteiger partial charge on any atom is 0.339 e. The molecule has 0 amide bonds. The molecule has 2 atom stereocenters. The van der Waals surface area contributed by atoms with E-state index in [1.165, 1.54) is 5.56 Å². The first-order valence-corrected chi connectivity index (χ1v) is 10.9. The van der Waals surface area contributed by atoms with Gasteiger partial charge in [-0.3, -0.25) is 0 Å². The van der Waals surface area contributed by atoms with Crippen LogP contribution in [0.2, 0.25) is 0 Å². The van der Waals surface area contributed by atoms with E-state index in [2.05, 4.69) is 17.4 Å². The molecule has 0 fully saturated rings. The maximum atomic E-state index is 11.5. The van der Waals surface area contributed by atoms with Crippen molar-refractivity contribution < 1.29 is 19.7 Å². The van der Waals surface area contributed by atoms with Crippen LogP contribution in [0.1, 0.15) is 48.4 Å². The molecular weight excluding hydrogens is 402 g/mol. The lowest BCUT2D eigenvalue weighted by atomic mass is 10.0. The van der Waals surface area contributed by atoms with Gasteiger partial charge in [-0.25, -0.2) is 4.79 Å². The minimum absolute atomic E-state index is 0.0520. The second kappa shape index (κ2) is 10.9. The highest BCUT2D eigenvalue weighted by atomic mass is 16.5. The molecule has 0 aliphatic heterocycles. The molecule has 32 heavy (non-hydrogen) atoms. The SMILES string of the molecule is CC(C)Oc1cc(-c2ccc(CCN[C@@H](C)[C@H](O)c3ccccc3)cc2)ccc1C(=O)O. The molecule has 0 heterocycles. The highest BCUT2D eigenvalue weighted by Crippen LogP contribution is 2.28. The fraction of sp³-hybridized carbons (Fsp3) is 0.296. The van der Waals surface area contributed by atoms with Crippen LogP contribution in [0.15, 0.2) is 72.8 Å². The van der Waals surface area contributed by atoms with E-state index in [4.69, 9.17) is 4.74 Å². The Kier molecular flexibility index (Phi) is 8.03. The zero-order chi connectivity index (χ0) is 23.1. The Morgan fingerprint density at radius 3 is 2.22 bits per heavy atom. The quantitative estimate of drug-likeness (QED) is 0.415.